The van der Waals surface area contributed by atoms with Crippen molar-refractivity contribution in [2.45, 2.75) is 32.7 Å². The highest BCUT2D eigenvalue weighted by Crippen LogP contribution is 2.42. The van der Waals surface area contributed by atoms with Crippen molar-refractivity contribution in [2.24, 2.45) is 22.6 Å². The van der Waals surface area contributed by atoms with E-state index in [1.165, 1.54) is 6.07 Å². The van der Waals surface area contributed by atoms with E-state index in [9.17, 15) is 9.59 Å². The standard InChI is InChI=1S/C23H32N6O5/c1-13(2)17-8-14-9-21(34-7-5-6-32-3)20(33-4)10-15(14)18-11-19(30)16(12-29(17)18)22(31)26-23(24)27-28-25/h9-13,17,28H,5-8,25H2,1-4H3,(H3,24,26,27,31). The largest absolute Gasteiger partial charge is 0.493 e. The smallest absolute Gasteiger partial charge is 0.263 e. The number of guanidine groups is 1. The molecule has 1 atom stereocenters. The lowest BCUT2D eigenvalue weighted by molar-refractivity contribution is 0.0974. The number of methoxy groups -OCH3 is 2. The highest BCUT2D eigenvalue weighted by Gasteiger charge is 2.29. The minimum absolute atomic E-state index is 0.0149. The van der Waals surface area contributed by atoms with Crippen molar-refractivity contribution in [1.29, 1.82) is 0 Å². The quantitative estimate of drug-likeness (QED) is 0.139. The first-order chi connectivity index (χ1) is 16.3. The zero-order chi connectivity index (χ0) is 24.8. The summed E-state index contributed by atoms with van der Waals surface area (Å²) >= 11 is 0. The Labute approximate surface area is 198 Å². The summed E-state index contributed by atoms with van der Waals surface area (Å²) in [5, 5.41) is 5.84. The van der Waals surface area contributed by atoms with Gasteiger partial charge in [-0.3, -0.25) is 14.9 Å². The van der Waals surface area contributed by atoms with E-state index < -0.39 is 11.3 Å². The van der Waals surface area contributed by atoms with E-state index in [1.54, 1.807) is 20.4 Å². The second-order valence-corrected chi connectivity index (χ2v) is 8.29. The number of nitrogens with zero attached hydrogens (tertiary/aromatic N) is 2. The van der Waals surface area contributed by atoms with Gasteiger partial charge in [0.05, 0.1) is 19.4 Å². The van der Waals surface area contributed by atoms with Crippen molar-refractivity contribution < 1.29 is 19.0 Å². The van der Waals surface area contributed by atoms with Crippen LogP contribution in [0.5, 0.6) is 11.5 Å². The number of hydrazine groups is 1. The van der Waals surface area contributed by atoms with Crippen LogP contribution in [0.4, 0.5) is 0 Å². The molecule has 0 spiro atoms. The van der Waals surface area contributed by atoms with Crippen molar-refractivity contribution in [3.8, 4) is 22.8 Å². The minimum Gasteiger partial charge on any atom is -0.493 e. The molecule has 2 heterocycles. The molecule has 1 unspecified atom stereocenters. The predicted molar refractivity (Wildman–Crippen MR) is 129 cm³/mol. The van der Waals surface area contributed by atoms with Gasteiger partial charge in [-0.15, -0.1) is 5.10 Å². The van der Waals surface area contributed by atoms with E-state index in [-0.39, 0.29) is 23.5 Å². The molecule has 1 aromatic carbocycles. The zero-order valence-corrected chi connectivity index (χ0v) is 19.9. The molecule has 1 aromatic heterocycles. The monoisotopic (exact) mass is 472 g/mol. The van der Waals surface area contributed by atoms with Crippen LogP contribution in [-0.2, 0) is 11.2 Å². The summed E-state index contributed by atoms with van der Waals surface area (Å²) in [7, 11) is 3.23. The van der Waals surface area contributed by atoms with Gasteiger partial charge in [0.1, 0.15) is 5.56 Å². The highest BCUT2D eigenvalue weighted by atomic mass is 16.5. The maximum atomic E-state index is 12.9. The van der Waals surface area contributed by atoms with Gasteiger partial charge in [-0.2, -0.15) is 0 Å². The molecule has 0 radical (unpaired) electrons. The predicted octanol–water partition coefficient (Wildman–Crippen LogP) is 1.12. The molecule has 11 nitrogen and oxygen atoms in total. The average molecular weight is 473 g/mol. The van der Waals surface area contributed by atoms with Gasteiger partial charge in [-0.05, 0) is 30.0 Å². The molecule has 34 heavy (non-hydrogen) atoms. The number of ether oxygens (including phenoxy) is 3. The summed E-state index contributed by atoms with van der Waals surface area (Å²) in [5.74, 6) is 5.61. The Morgan fingerprint density at radius 2 is 2.00 bits per heavy atom. The van der Waals surface area contributed by atoms with E-state index in [0.717, 1.165) is 17.5 Å². The van der Waals surface area contributed by atoms with E-state index in [1.807, 2.05) is 22.2 Å². The fourth-order valence-corrected chi connectivity index (χ4v) is 4.04. The highest BCUT2D eigenvalue weighted by molar-refractivity contribution is 6.05. The lowest BCUT2D eigenvalue weighted by Gasteiger charge is -2.34. The number of aromatic nitrogens is 1. The zero-order valence-electron chi connectivity index (χ0n) is 19.9. The Kier molecular flexibility index (Phi) is 8.13. The topological polar surface area (TPSA) is 155 Å². The summed E-state index contributed by atoms with van der Waals surface area (Å²) in [6.45, 7) is 5.30. The number of carbonyl (C=O) groups excluding carboxylic acids is 1. The minimum atomic E-state index is -0.664. The van der Waals surface area contributed by atoms with Crippen LogP contribution in [0.1, 0.15) is 42.2 Å². The lowest BCUT2D eigenvalue weighted by atomic mass is 9.87. The Balaban J connectivity index is 2.06. The fourth-order valence-electron chi connectivity index (χ4n) is 4.04. The molecule has 3 rings (SSSR count). The van der Waals surface area contributed by atoms with Crippen LogP contribution < -0.4 is 37.3 Å². The molecule has 1 aliphatic rings. The van der Waals surface area contributed by atoms with Gasteiger partial charge >= 0.3 is 0 Å². The van der Waals surface area contributed by atoms with Gasteiger partial charge in [-0.1, -0.05) is 13.8 Å². The number of hydrogen-bond acceptors (Lipinski definition) is 8. The third-order valence-electron chi connectivity index (χ3n) is 5.72. The molecule has 0 aliphatic carbocycles. The molecule has 0 fully saturated rings. The molecule has 184 valence electrons. The number of nitrogens with two attached hydrogens (primary N) is 2. The Morgan fingerprint density at radius 3 is 2.65 bits per heavy atom. The van der Waals surface area contributed by atoms with Crippen molar-refractivity contribution in [3.63, 3.8) is 0 Å². The van der Waals surface area contributed by atoms with Crippen molar-refractivity contribution >= 4 is 11.9 Å². The van der Waals surface area contributed by atoms with Crippen molar-refractivity contribution in [3.05, 3.63) is 45.7 Å². The molecule has 0 saturated carbocycles. The third-order valence-corrected chi connectivity index (χ3v) is 5.72. The van der Waals surface area contributed by atoms with Crippen molar-refractivity contribution in [2.75, 3.05) is 27.4 Å². The van der Waals surface area contributed by atoms with Crippen LogP contribution in [0.3, 0.4) is 0 Å². The maximum Gasteiger partial charge on any atom is 0.263 e. The van der Waals surface area contributed by atoms with E-state index in [0.29, 0.717) is 36.8 Å². The van der Waals surface area contributed by atoms with Gasteiger partial charge in [0, 0.05) is 44.0 Å². The molecule has 6 N–H and O–H groups in total. The molecule has 1 aliphatic heterocycles. The third kappa shape index (κ3) is 5.32. The molecule has 0 bridgehead atoms. The van der Waals surface area contributed by atoms with Gasteiger partial charge in [0.25, 0.3) is 5.91 Å². The van der Waals surface area contributed by atoms with Gasteiger partial charge in [0.2, 0.25) is 5.96 Å². The molecule has 1 amide bonds. The first-order valence-corrected chi connectivity index (χ1v) is 11.0. The SMILES string of the molecule is COCCCOc1cc2c(cc1OC)-c1cc(=O)c(C(=O)NC(N)=NNN)cn1C(C(C)C)C2. The van der Waals surface area contributed by atoms with Crippen molar-refractivity contribution in [1.82, 2.24) is 15.4 Å². The molecular weight excluding hydrogens is 440 g/mol. The second kappa shape index (κ2) is 11.0. The van der Waals surface area contributed by atoms with Crippen LogP contribution in [-0.4, -0.2) is 43.9 Å². The number of nitrogens with one attached hydrogen (secondary N) is 2. The molecule has 0 saturated heterocycles. The number of hydrogen-bond donors (Lipinski definition) is 4. The number of benzene rings is 1. The van der Waals surface area contributed by atoms with Crippen LogP contribution in [0, 0.1) is 5.92 Å². The number of fused-ring (bicyclic) bond motifs is 3. The number of rotatable bonds is 9. The Morgan fingerprint density at radius 1 is 1.24 bits per heavy atom. The first kappa shape index (κ1) is 25.1. The number of hydrazone groups is 1. The molecule has 2 aromatic rings. The number of pyridine rings is 1. The van der Waals surface area contributed by atoms with E-state index in [2.05, 4.69) is 24.3 Å². The first-order valence-electron chi connectivity index (χ1n) is 11.0. The van der Waals surface area contributed by atoms with Gasteiger partial charge < -0.3 is 24.5 Å². The Hall–Kier alpha value is -3.57. The molecule has 11 heteroatoms. The summed E-state index contributed by atoms with van der Waals surface area (Å²) < 4.78 is 18.6. The number of carbonyl (C=O) groups is 1. The van der Waals surface area contributed by atoms with Crippen LogP contribution in [0.25, 0.3) is 11.3 Å². The van der Waals surface area contributed by atoms with Crippen LogP contribution >= 0.6 is 0 Å². The van der Waals surface area contributed by atoms with Gasteiger partial charge in [0.15, 0.2) is 16.9 Å². The average Bonchev–Trinajstić information content (AvgIpc) is 2.80. The van der Waals surface area contributed by atoms with Gasteiger partial charge in [-0.25, -0.2) is 11.4 Å². The summed E-state index contributed by atoms with van der Waals surface area (Å²) in [5.41, 5.74) is 9.70. The Bertz CT molecular complexity index is 1130. The van der Waals surface area contributed by atoms with E-state index in [4.69, 9.17) is 25.8 Å². The van der Waals surface area contributed by atoms with E-state index >= 15 is 0 Å². The van der Waals surface area contributed by atoms with Crippen LogP contribution in [0.15, 0.2) is 34.3 Å². The van der Waals surface area contributed by atoms with Crippen LogP contribution in [0.2, 0.25) is 0 Å². The molecular formula is C23H32N6O5. The summed E-state index contributed by atoms with van der Waals surface area (Å²) in [4.78, 5) is 25.6. The normalized spacial score (nSPS) is 14.9. The number of amides is 1. The maximum absolute atomic E-state index is 12.9. The second-order valence-electron chi connectivity index (χ2n) is 8.29. The summed E-state index contributed by atoms with van der Waals surface area (Å²) in [6, 6.07) is 5.33. The summed E-state index contributed by atoms with van der Waals surface area (Å²) in [6.07, 6.45) is 3.03. The lowest BCUT2D eigenvalue weighted by Crippen LogP contribution is -2.41. The fraction of sp³-hybridized carbons (Fsp3) is 0.435.